The fourth-order valence-electron chi connectivity index (χ4n) is 2.87. The van der Waals surface area contributed by atoms with Crippen LogP contribution in [0.5, 0.6) is 0 Å². The van der Waals surface area contributed by atoms with Crippen LogP contribution < -0.4 is 5.32 Å². The summed E-state index contributed by atoms with van der Waals surface area (Å²) >= 11 is 0. The molecule has 19 heavy (non-hydrogen) atoms. The zero-order chi connectivity index (χ0) is 13.5. The molecule has 2 aromatic rings. The molecule has 102 valence electrons. The van der Waals surface area contributed by atoms with Crippen molar-refractivity contribution in [3.05, 3.63) is 29.6 Å². The third kappa shape index (κ3) is 1.94. The molecule has 1 unspecified atom stereocenters. The van der Waals surface area contributed by atoms with Crippen LogP contribution in [0.25, 0.3) is 11.0 Å². The van der Waals surface area contributed by atoms with Crippen LogP contribution >= 0.6 is 0 Å². The van der Waals surface area contributed by atoms with Gasteiger partial charge >= 0.3 is 0 Å². The van der Waals surface area contributed by atoms with E-state index in [1.165, 1.54) is 0 Å². The average molecular weight is 261 g/mol. The van der Waals surface area contributed by atoms with Crippen LogP contribution in [0.15, 0.2) is 18.2 Å². The van der Waals surface area contributed by atoms with E-state index in [-0.39, 0.29) is 18.1 Å². The molecule has 0 saturated carbocycles. The fourth-order valence-corrected chi connectivity index (χ4v) is 2.87. The Balaban J connectivity index is 2.01. The van der Waals surface area contributed by atoms with Crippen molar-refractivity contribution in [2.45, 2.75) is 13.0 Å². The predicted octanol–water partition coefficient (Wildman–Crippen LogP) is 1.14. The van der Waals surface area contributed by atoms with Crippen LogP contribution in [0.1, 0.15) is 17.4 Å². The van der Waals surface area contributed by atoms with Gasteiger partial charge in [-0.3, -0.25) is 0 Å². The van der Waals surface area contributed by atoms with Gasteiger partial charge < -0.3 is 20.1 Å². The summed E-state index contributed by atoms with van der Waals surface area (Å²) in [6.07, 6.45) is 0. The van der Waals surface area contributed by atoms with Crippen LogP contribution in [0, 0.1) is 12.3 Å². The maximum absolute atomic E-state index is 9.68. The highest BCUT2D eigenvalue weighted by Crippen LogP contribution is 2.40. The minimum Gasteiger partial charge on any atom is -0.396 e. The van der Waals surface area contributed by atoms with Crippen molar-refractivity contribution < 1.29 is 9.84 Å². The van der Waals surface area contributed by atoms with Gasteiger partial charge in [-0.2, -0.15) is 0 Å². The summed E-state index contributed by atoms with van der Waals surface area (Å²) in [5.74, 6) is 0.914. The van der Waals surface area contributed by atoms with Crippen LogP contribution in [0.4, 0.5) is 0 Å². The Morgan fingerprint density at radius 1 is 1.53 bits per heavy atom. The van der Waals surface area contributed by atoms with E-state index in [2.05, 4.69) is 27.4 Å². The monoisotopic (exact) mass is 261 g/mol. The van der Waals surface area contributed by atoms with Gasteiger partial charge in [-0.15, -0.1) is 0 Å². The van der Waals surface area contributed by atoms with E-state index in [9.17, 15) is 5.11 Å². The minimum atomic E-state index is -0.211. The maximum Gasteiger partial charge on any atom is 0.104 e. The number of benzene rings is 1. The van der Waals surface area contributed by atoms with Crippen molar-refractivity contribution in [3.63, 3.8) is 0 Å². The number of aliphatic hydroxyl groups is 1. The standard InChI is InChI=1S/C14H19N3O2/c1-9-16-11-4-3-10(5-12(11)17-9)13(15-2)14(6-18)7-19-8-14/h3-5,13,15,18H,6-8H2,1-2H3,(H,16,17). The van der Waals surface area contributed by atoms with Gasteiger partial charge in [0.2, 0.25) is 0 Å². The smallest absolute Gasteiger partial charge is 0.104 e. The third-order valence-electron chi connectivity index (χ3n) is 3.95. The summed E-state index contributed by atoms with van der Waals surface area (Å²) in [4.78, 5) is 7.66. The summed E-state index contributed by atoms with van der Waals surface area (Å²) in [7, 11) is 1.92. The second-order valence-electron chi connectivity index (χ2n) is 5.33. The molecule has 0 radical (unpaired) electrons. The van der Waals surface area contributed by atoms with Crippen LogP contribution in [0.2, 0.25) is 0 Å². The van der Waals surface area contributed by atoms with E-state index in [4.69, 9.17) is 4.74 Å². The number of aromatic nitrogens is 2. The molecule has 0 bridgehead atoms. The highest BCUT2D eigenvalue weighted by molar-refractivity contribution is 5.76. The first-order valence-electron chi connectivity index (χ1n) is 6.51. The van der Waals surface area contributed by atoms with E-state index in [0.29, 0.717) is 13.2 Å². The van der Waals surface area contributed by atoms with Crippen molar-refractivity contribution in [1.29, 1.82) is 0 Å². The molecule has 1 aliphatic rings. The predicted molar refractivity (Wildman–Crippen MR) is 73.0 cm³/mol. The summed E-state index contributed by atoms with van der Waals surface area (Å²) < 4.78 is 5.30. The second kappa shape index (κ2) is 4.59. The molecule has 1 aromatic carbocycles. The number of hydrogen-bond donors (Lipinski definition) is 3. The Kier molecular flexibility index (Phi) is 3.05. The molecule has 1 aliphatic heterocycles. The van der Waals surface area contributed by atoms with Crippen molar-refractivity contribution in [1.82, 2.24) is 15.3 Å². The summed E-state index contributed by atoms with van der Waals surface area (Å²) in [5.41, 5.74) is 2.94. The lowest BCUT2D eigenvalue weighted by Crippen LogP contribution is -2.53. The molecule has 0 aliphatic carbocycles. The molecule has 1 saturated heterocycles. The van der Waals surface area contributed by atoms with E-state index >= 15 is 0 Å². The molecule has 2 heterocycles. The van der Waals surface area contributed by atoms with Crippen molar-refractivity contribution in [3.8, 4) is 0 Å². The first-order valence-corrected chi connectivity index (χ1v) is 6.51. The zero-order valence-corrected chi connectivity index (χ0v) is 11.2. The Hall–Kier alpha value is -1.43. The number of ether oxygens (including phenoxy) is 1. The second-order valence-corrected chi connectivity index (χ2v) is 5.33. The lowest BCUT2D eigenvalue weighted by atomic mass is 9.76. The average Bonchev–Trinajstić information content (AvgIpc) is 2.72. The lowest BCUT2D eigenvalue weighted by molar-refractivity contribution is -0.155. The topological polar surface area (TPSA) is 70.2 Å². The van der Waals surface area contributed by atoms with Gasteiger partial charge in [0.05, 0.1) is 36.3 Å². The molecule has 0 amide bonds. The summed E-state index contributed by atoms with van der Waals surface area (Å²) in [6, 6.07) is 6.27. The largest absolute Gasteiger partial charge is 0.396 e. The maximum atomic E-state index is 9.68. The number of aryl methyl sites for hydroxylation is 1. The van der Waals surface area contributed by atoms with Gasteiger partial charge in [-0.25, -0.2) is 4.98 Å². The molecule has 1 fully saturated rings. The molecule has 0 spiro atoms. The molecule has 3 rings (SSSR count). The molecule has 5 nitrogen and oxygen atoms in total. The summed E-state index contributed by atoms with van der Waals surface area (Å²) in [5, 5.41) is 13.0. The number of imidazole rings is 1. The van der Waals surface area contributed by atoms with Gasteiger partial charge in [-0.1, -0.05) is 6.07 Å². The normalized spacial score (nSPS) is 19.3. The van der Waals surface area contributed by atoms with Gasteiger partial charge in [0.1, 0.15) is 5.82 Å². The number of H-pyrrole nitrogens is 1. The number of aliphatic hydroxyl groups excluding tert-OH is 1. The van der Waals surface area contributed by atoms with E-state index in [1.807, 2.05) is 20.0 Å². The highest BCUT2D eigenvalue weighted by Gasteiger charge is 2.45. The number of hydrogen-bond acceptors (Lipinski definition) is 4. The van der Waals surface area contributed by atoms with Gasteiger partial charge in [0.15, 0.2) is 0 Å². The highest BCUT2D eigenvalue weighted by atomic mass is 16.5. The lowest BCUT2D eigenvalue weighted by Gasteiger charge is -2.46. The molecular formula is C14H19N3O2. The first-order chi connectivity index (χ1) is 9.18. The molecule has 1 atom stereocenters. The first kappa shape index (κ1) is 12.6. The Morgan fingerprint density at radius 3 is 2.89 bits per heavy atom. The molecule has 3 N–H and O–H groups in total. The van der Waals surface area contributed by atoms with E-state index in [1.54, 1.807) is 0 Å². The van der Waals surface area contributed by atoms with E-state index in [0.717, 1.165) is 22.4 Å². The number of fused-ring (bicyclic) bond motifs is 1. The molecular weight excluding hydrogens is 242 g/mol. The van der Waals surface area contributed by atoms with Crippen LogP contribution in [-0.2, 0) is 4.74 Å². The molecule has 1 aromatic heterocycles. The fraction of sp³-hybridized carbons (Fsp3) is 0.500. The number of nitrogens with one attached hydrogen (secondary N) is 2. The number of rotatable bonds is 4. The van der Waals surface area contributed by atoms with Gasteiger partial charge in [0, 0.05) is 6.04 Å². The van der Waals surface area contributed by atoms with Crippen molar-refractivity contribution in [2.24, 2.45) is 5.41 Å². The van der Waals surface area contributed by atoms with Crippen LogP contribution in [0.3, 0.4) is 0 Å². The van der Waals surface area contributed by atoms with Crippen molar-refractivity contribution >= 4 is 11.0 Å². The zero-order valence-electron chi connectivity index (χ0n) is 11.2. The van der Waals surface area contributed by atoms with Crippen molar-refractivity contribution in [2.75, 3.05) is 26.9 Å². The Morgan fingerprint density at radius 2 is 2.32 bits per heavy atom. The third-order valence-corrected chi connectivity index (χ3v) is 3.95. The quantitative estimate of drug-likeness (QED) is 0.772. The van der Waals surface area contributed by atoms with E-state index < -0.39 is 0 Å². The SMILES string of the molecule is CNC(c1ccc2nc(C)[nH]c2c1)C1(CO)COC1. The van der Waals surface area contributed by atoms with Crippen LogP contribution in [-0.4, -0.2) is 41.9 Å². The number of aromatic amines is 1. The summed E-state index contributed by atoms with van der Waals surface area (Å²) in [6.45, 7) is 3.26. The minimum absolute atomic E-state index is 0.0826. The Labute approximate surface area is 112 Å². The number of nitrogens with zero attached hydrogens (tertiary/aromatic N) is 1. The van der Waals surface area contributed by atoms with Gasteiger partial charge in [-0.05, 0) is 31.7 Å². The molecule has 5 heteroatoms. The Bertz CT molecular complexity index is 584. The van der Waals surface area contributed by atoms with Gasteiger partial charge in [0.25, 0.3) is 0 Å².